The number of imidazole rings is 1. The predicted octanol–water partition coefficient (Wildman–Crippen LogP) is 4.89. The minimum Gasteiger partial charge on any atom is -0.337 e. The zero-order chi connectivity index (χ0) is 21.7. The molecule has 0 saturated heterocycles. The molecule has 0 fully saturated rings. The SMILES string of the molecule is CC(=O)c1ccc(-c2cccc3[nH]c(-c4n[nH]c5ncc(-c6cncnc6)cc45)nc23)s1. The number of carbonyl (C=O) groups excluding carboxylic acids is 1. The van der Waals surface area contributed by atoms with E-state index in [-0.39, 0.29) is 5.78 Å². The van der Waals surface area contributed by atoms with Gasteiger partial charge in [-0.2, -0.15) is 5.10 Å². The number of para-hydroxylation sites is 1. The molecule has 0 saturated carbocycles. The third-order valence-electron chi connectivity index (χ3n) is 5.27. The van der Waals surface area contributed by atoms with Crippen molar-refractivity contribution >= 4 is 39.2 Å². The lowest BCUT2D eigenvalue weighted by Crippen LogP contribution is -1.85. The van der Waals surface area contributed by atoms with Gasteiger partial charge in [0.1, 0.15) is 12.0 Å². The maximum Gasteiger partial charge on any atom is 0.169 e. The van der Waals surface area contributed by atoms with Crippen molar-refractivity contribution in [3.05, 3.63) is 66.2 Å². The second-order valence-corrected chi connectivity index (χ2v) is 8.41. The van der Waals surface area contributed by atoms with E-state index in [1.165, 1.54) is 17.7 Å². The number of aromatic nitrogens is 7. The minimum absolute atomic E-state index is 0.0613. The van der Waals surface area contributed by atoms with Gasteiger partial charge in [0.15, 0.2) is 17.3 Å². The molecule has 0 amide bonds. The summed E-state index contributed by atoms with van der Waals surface area (Å²) in [7, 11) is 0. The number of nitrogens with one attached hydrogen (secondary N) is 2. The molecular weight excluding hydrogens is 422 g/mol. The Kier molecular flexibility index (Phi) is 4.15. The number of benzene rings is 1. The van der Waals surface area contributed by atoms with Gasteiger partial charge in [-0.05, 0) is 31.2 Å². The summed E-state index contributed by atoms with van der Waals surface area (Å²) in [5.74, 6) is 0.705. The summed E-state index contributed by atoms with van der Waals surface area (Å²) in [6.45, 7) is 1.58. The molecule has 2 N–H and O–H groups in total. The largest absolute Gasteiger partial charge is 0.337 e. The quantitative estimate of drug-likeness (QED) is 0.380. The van der Waals surface area contributed by atoms with Crippen LogP contribution in [0.5, 0.6) is 0 Å². The molecule has 6 aromatic rings. The highest BCUT2D eigenvalue weighted by molar-refractivity contribution is 7.17. The smallest absolute Gasteiger partial charge is 0.169 e. The van der Waals surface area contributed by atoms with E-state index in [0.29, 0.717) is 17.2 Å². The average molecular weight is 437 g/mol. The van der Waals surface area contributed by atoms with E-state index in [0.717, 1.165) is 42.9 Å². The summed E-state index contributed by atoms with van der Waals surface area (Å²) in [6, 6.07) is 11.8. The van der Waals surface area contributed by atoms with Gasteiger partial charge in [0.2, 0.25) is 0 Å². The van der Waals surface area contributed by atoms with Crippen molar-refractivity contribution in [2.75, 3.05) is 0 Å². The van der Waals surface area contributed by atoms with Gasteiger partial charge in [0, 0.05) is 40.2 Å². The van der Waals surface area contributed by atoms with Gasteiger partial charge in [-0.1, -0.05) is 12.1 Å². The van der Waals surface area contributed by atoms with E-state index in [2.05, 4.69) is 30.1 Å². The minimum atomic E-state index is 0.0613. The highest BCUT2D eigenvalue weighted by Gasteiger charge is 2.17. The number of nitrogens with zero attached hydrogens (tertiary/aromatic N) is 5. The topological polar surface area (TPSA) is 113 Å². The van der Waals surface area contributed by atoms with Gasteiger partial charge in [-0.15, -0.1) is 11.3 Å². The number of rotatable bonds is 4. The van der Waals surface area contributed by atoms with Crippen molar-refractivity contribution in [2.24, 2.45) is 0 Å². The van der Waals surface area contributed by atoms with Crippen LogP contribution in [-0.2, 0) is 0 Å². The van der Waals surface area contributed by atoms with Crippen LogP contribution in [-0.4, -0.2) is 40.9 Å². The lowest BCUT2D eigenvalue weighted by molar-refractivity contribution is 0.102. The molecule has 0 aliphatic carbocycles. The fourth-order valence-corrected chi connectivity index (χ4v) is 4.63. The normalized spacial score (nSPS) is 11.4. The van der Waals surface area contributed by atoms with Crippen LogP contribution in [0.25, 0.3) is 55.2 Å². The fourth-order valence-electron chi connectivity index (χ4n) is 3.70. The molecule has 0 aliphatic heterocycles. The van der Waals surface area contributed by atoms with E-state index in [9.17, 15) is 4.79 Å². The van der Waals surface area contributed by atoms with Crippen LogP contribution in [0, 0.1) is 0 Å². The molecule has 154 valence electrons. The zero-order valence-electron chi connectivity index (χ0n) is 16.8. The number of hydrogen-bond acceptors (Lipinski definition) is 7. The molecule has 8 nitrogen and oxygen atoms in total. The van der Waals surface area contributed by atoms with E-state index in [4.69, 9.17) is 4.98 Å². The molecule has 32 heavy (non-hydrogen) atoms. The predicted molar refractivity (Wildman–Crippen MR) is 123 cm³/mol. The van der Waals surface area contributed by atoms with Crippen LogP contribution in [0.1, 0.15) is 16.6 Å². The molecule has 0 unspecified atom stereocenters. The van der Waals surface area contributed by atoms with Crippen LogP contribution in [0.3, 0.4) is 0 Å². The van der Waals surface area contributed by atoms with Crippen LogP contribution < -0.4 is 0 Å². The number of ketones is 1. The van der Waals surface area contributed by atoms with Crippen LogP contribution in [0.2, 0.25) is 0 Å². The van der Waals surface area contributed by atoms with Crippen molar-refractivity contribution in [3.63, 3.8) is 0 Å². The Balaban J connectivity index is 1.49. The Morgan fingerprint density at radius 2 is 1.91 bits per heavy atom. The number of thiophene rings is 1. The second kappa shape index (κ2) is 7.17. The maximum absolute atomic E-state index is 11.7. The van der Waals surface area contributed by atoms with E-state index >= 15 is 0 Å². The first-order valence-corrected chi connectivity index (χ1v) is 10.7. The Hall–Kier alpha value is -4.24. The summed E-state index contributed by atoms with van der Waals surface area (Å²) >= 11 is 1.47. The summed E-state index contributed by atoms with van der Waals surface area (Å²) in [5, 5.41) is 8.30. The standard InChI is InChI=1S/C23H15N7OS/c1-12(31)18-5-6-19(32-18)15-3-2-4-17-20(15)28-23(27-17)21-16-7-13(10-26-22(16)30-29-21)14-8-24-11-25-9-14/h2-11H,1H3,(H,27,28)(H,26,29,30). The molecule has 9 heteroatoms. The first kappa shape index (κ1) is 18.5. The second-order valence-electron chi connectivity index (χ2n) is 7.33. The number of hydrogen-bond donors (Lipinski definition) is 2. The fraction of sp³-hybridized carbons (Fsp3) is 0.0435. The molecule has 0 bridgehead atoms. The first-order valence-electron chi connectivity index (χ1n) is 9.87. The molecule has 0 radical (unpaired) electrons. The Bertz CT molecular complexity index is 1610. The number of H-pyrrole nitrogens is 2. The highest BCUT2D eigenvalue weighted by atomic mass is 32.1. The third-order valence-corrected chi connectivity index (χ3v) is 6.49. The Labute approximate surface area is 185 Å². The molecule has 0 spiro atoms. The van der Waals surface area contributed by atoms with Crippen LogP contribution in [0.15, 0.2) is 61.3 Å². The van der Waals surface area contributed by atoms with Crippen LogP contribution in [0.4, 0.5) is 0 Å². The number of carbonyl (C=O) groups is 1. The summed E-state index contributed by atoms with van der Waals surface area (Å²) in [4.78, 5) is 34.4. The van der Waals surface area contributed by atoms with Gasteiger partial charge >= 0.3 is 0 Å². The lowest BCUT2D eigenvalue weighted by atomic mass is 10.1. The number of Topliss-reactive ketones (excluding diaryl/α,β-unsaturated/α-hetero) is 1. The molecule has 0 aliphatic rings. The number of fused-ring (bicyclic) bond motifs is 2. The van der Waals surface area contributed by atoms with Crippen molar-refractivity contribution < 1.29 is 4.79 Å². The third kappa shape index (κ3) is 2.98. The van der Waals surface area contributed by atoms with Crippen molar-refractivity contribution in [2.45, 2.75) is 6.92 Å². The average Bonchev–Trinajstić information content (AvgIpc) is 3.56. The van der Waals surface area contributed by atoms with Crippen molar-refractivity contribution in [1.29, 1.82) is 0 Å². The summed E-state index contributed by atoms with van der Waals surface area (Å²) < 4.78 is 0. The maximum atomic E-state index is 11.7. The van der Waals surface area contributed by atoms with Gasteiger partial charge in [-0.25, -0.2) is 19.9 Å². The van der Waals surface area contributed by atoms with Crippen molar-refractivity contribution in [3.8, 4) is 33.1 Å². The van der Waals surface area contributed by atoms with Gasteiger partial charge in [-0.3, -0.25) is 9.89 Å². The number of aromatic amines is 2. The zero-order valence-corrected chi connectivity index (χ0v) is 17.6. The monoisotopic (exact) mass is 437 g/mol. The van der Waals surface area contributed by atoms with E-state index < -0.39 is 0 Å². The Morgan fingerprint density at radius 1 is 1.03 bits per heavy atom. The lowest BCUT2D eigenvalue weighted by Gasteiger charge is -2.00. The molecule has 5 heterocycles. The van der Waals surface area contributed by atoms with Gasteiger partial charge in [0.05, 0.1) is 21.3 Å². The molecule has 5 aromatic heterocycles. The molecule has 6 rings (SSSR count). The van der Waals surface area contributed by atoms with Gasteiger partial charge in [0.25, 0.3) is 0 Å². The Morgan fingerprint density at radius 3 is 2.72 bits per heavy atom. The molecular formula is C23H15N7OS. The van der Waals surface area contributed by atoms with E-state index in [1.807, 2.05) is 36.4 Å². The highest BCUT2D eigenvalue weighted by Crippen LogP contribution is 2.35. The molecule has 1 aromatic carbocycles. The summed E-state index contributed by atoms with van der Waals surface area (Å²) in [5.41, 5.74) is 5.83. The van der Waals surface area contributed by atoms with Gasteiger partial charge < -0.3 is 4.98 Å². The molecule has 0 atom stereocenters. The number of pyridine rings is 1. The first-order chi connectivity index (χ1) is 15.7. The van der Waals surface area contributed by atoms with Crippen LogP contribution >= 0.6 is 11.3 Å². The van der Waals surface area contributed by atoms with Crippen molar-refractivity contribution in [1.82, 2.24) is 35.1 Å². The van der Waals surface area contributed by atoms with E-state index in [1.54, 1.807) is 25.5 Å². The summed E-state index contributed by atoms with van der Waals surface area (Å²) in [6.07, 6.45) is 6.76.